The Bertz CT molecular complexity index is 1230. The number of carbonyl (C=O) groups excluding carboxylic acids is 1. The lowest BCUT2D eigenvalue weighted by Crippen LogP contribution is -2.32. The molecule has 180 valence electrons. The van der Waals surface area contributed by atoms with Crippen molar-refractivity contribution < 1.29 is 14.3 Å². The van der Waals surface area contributed by atoms with Gasteiger partial charge in [0, 0.05) is 13.1 Å². The first-order valence-corrected chi connectivity index (χ1v) is 12.2. The van der Waals surface area contributed by atoms with Crippen LogP contribution < -0.4 is 19.7 Å². The van der Waals surface area contributed by atoms with E-state index in [1.54, 1.807) is 25.3 Å². The molecule has 0 aliphatic carbocycles. The van der Waals surface area contributed by atoms with Gasteiger partial charge in [0.05, 0.1) is 7.11 Å². The predicted octanol–water partition coefficient (Wildman–Crippen LogP) is 4.91. The summed E-state index contributed by atoms with van der Waals surface area (Å²) in [5, 5.41) is 21.7. The van der Waals surface area contributed by atoms with Crippen molar-refractivity contribution in [1.29, 1.82) is 5.26 Å². The molecule has 0 atom stereocenters. The van der Waals surface area contributed by atoms with Crippen molar-refractivity contribution in [3.8, 4) is 17.6 Å². The number of hydrogen-bond acceptors (Lipinski definition) is 8. The number of benzene rings is 2. The molecule has 9 heteroatoms. The second-order valence-corrected chi connectivity index (χ2v) is 9.32. The normalized spacial score (nSPS) is 14.3. The fourth-order valence-electron chi connectivity index (χ4n) is 3.70. The zero-order valence-corrected chi connectivity index (χ0v) is 20.5. The van der Waals surface area contributed by atoms with E-state index in [1.165, 1.54) is 17.4 Å². The van der Waals surface area contributed by atoms with E-state index in [-0.39, 0.29) is 5.57 Å². The van der Waals surface area contributed by atoms with Crippen molar-refractivity contribution in [1.82, 2.24) is 10.2 Å². The van der Waals surface area contributed by atoms with Gasteiger partial charge in [0.25, 0.3) is 5.91 Å². The lowest BCUT2D eigenvalue weighted by Gasteiger charge is -2.29. The van der Waals surface area contributed by atoms with Gasteiger partial charge in [-0.2, -0.15) is 5.26 Å². The average molecular weight is 490 g/mol. The Labute approximate surface area is 208 Å². The van der Waals surface area contributed by atoms with E-state index >= 15 is 0 Å². The summed E-state index contributed by atoms with van der Waals surface area (Å²) in [5.74, 6) is 1.26. The number of piperidine rings is 1. The Morgan fingerprint density at radius 1 is 1.20 bits per heavy atom. The predicted molar refractivity (Wildman–Crippen MR) is 137 cm³/mol. The number of hydrogen-bond donors (Lipinski definition) is 1. The molecule has 4 rings (SSSR count). The van der Waals surface area contributed by atoms with Crippen LogP contribution in [0.2, 0.25) is 0 Å². The highest BCUT2D eigenvalue weighted by Gasteiger charge is 2.20. The van der Waals surface area contributed by atoms with Crippen LogP contribution in [0.15, 0.2) is 54.1 Å². The van der Waals surface area contributed by atoms with Crippen molar-refractivity contribution in [2.45, 2.75) is 26.4 Å². The Balaban J connectivity index is 1.42. The Morgan fingerprint density at radius 2 is 1.97 bits per heavy atom. The highest BCUT2D eigenvalue weighted by atomic mass is 32.1. The highest BCUT2D eigenvalue weighted by Crippen LogP contribution is 2.31. The van der Waals surface area contributed by atoms with Crippen LogP contribution in [0, 0.1) is 17.2 Å². The number of nitriles is 1. The fourth-order valence-corrected chi connectivity index (χ4v) is 4.49. The van der Waals surface area contributed by atoms with Crippen molar-refractivity contribution in [2.24, 2.45) is 5.92 Å². The molecule has 0 unspecified atom stereocenters. The molecule has 0 saturated carbocycles. The van der Waals surface area contributed by atoms with Crippen LogP contribution in [-0.2, 0) is 11.4 Å². The number of nitrogens with one attached hydrogen (secondary N) is 1. The minimum absolute atomic E-state index is 0.0476. The summed E-state index contributed by atoms with van der Waals surface area (Å²) in [6.45, 7) is 4.51. The summed E-state index contributed by atoms with van der Waals surface area (Å²) in [4.78, 5) is 14.9. The van der Waals surface area contributed by atoms with Crippen molar-refractivity contribution in [3.63, 3.8) is 0 Å². The molecule has 2 heterocycles. The van der Waals surface area contributed by atoms with Gasteiger partial charge in [-0.3, -0.25) is 10.1 Å². The second kappa shape index (κ2) is 11.5. The Kier molecular flexibility index (Phi) is 7.95. The van der Waals surface area contributed by atoms with Gasteiger partial charge in [-0.1, -0.05) is 54.7 Å². The first-order chi connectivity index (χ1) is 17.1. The van der Waals surface area contributed by atoms with Crippen molar-refractivity contribution in [2.75, 3.05) is 30.4 Å². The lowest BCUT2D eigenvalue weighted by atomic mass is 10.00. The van der Waals surface area contributed by atoms with Gasteiger partial charge >= 0.3 is 0 Å². The number of amides is 1. The monoisotopic (exact) mass is 489 g/mol. The quantitative estimate of drug-likeness (QED) is 0.354. The van der Waals surface area contributed by atoms with Gasteiger partial charge in [0.2, 0.25) is 10.3 Å². The van der Waals surface area contributed by atoms with Gasteiger partial charge in [0.1, 0.15) is 18.2 Å². The molecule has 1 fully saturated rings. The van der Waals surface area contributed by atoms with Crippen LogP contribution in [-0.4, -0.2) is 36.3 Å². The van der Waals surface area contributed by atoms with Crippen LogP contribution in [0.5, 0.6) is 11.5 Å². The van der Waals surface area contributed by atoms with Crippen LogP contribution in [0.1, 0.15) is 30.9 Å². The van der Waals surface area contributed by atoms with E-state index in [0.717, 1.165) is 36.6 Å². The molecule has 1 aliphatic heterocycles. The van der Waals surface area contributed by atoms with E-state index in [2.05, 4.69) is 27.3 Å². The number of anilines is 2. The molecule has 3 aromatic rings. The standard InChI is InChI=1S/C26H27N5O3S/c1-18-10-12-31(13-11-18)26-30-29-25(35-26)28-24(32)21(16-27)14-20-8-9-22(23(15-20)33-2)34-17-19-6-4-3-5-7-19/h3-9,14-15,18H,10-13,17H2,1-2H3,(H,28,29,32)/b21-14-. The minimum atomic E-state index is -0.536. The van der Waals surface area contributed by atoms with Gasteiger partial charge < -0.3 is 14.4 Å². The van der Waals surface area contributed by atoms with Crippen LogP contribution in [0.4, 0.5) is 10.3 Å². The number of aromatic nitrogens is 2. The van der Waals surface area contributed by atoms with Gasteiger partial charge in [0.15, 0.2) is 11.5 Å². The van der Waals surface area contributed by atoms with Gasteiger partial charge in [-0.05, 0) is 48.1 Å². The van der Waals surface area contributed by atoms with E-state index < -0.39 is 5.91 Å². The summed E-state index contributed by atoms with van der Waals surface area (Å²) in [7, 11) is 1.55. The third-order valence-corrected chi connectivity index (χ3v) is 6.69. The molecule has 2 aromatic carbocycles. The number of carbonyl (C=O) groups is 1. The summed E-state index contributed by atoms with van der Waals surface area (Å²) in [6.07, 6.45) is 3.73. The molecule has 35 heavy (non-hydrogen) atoms. The van der Waals surface area contributed by atoms with E-state index in [4.69, 9.17) is 9.47 Å². The van der Waals surface area contributed by atoms with Crippen LogP contribution >= 0.6 is 11.3 Å². The zero-order chi connectivity index (χ0) is 24.6. The molecule has 1 N–H and O–H groups in total. The maximum absolute atomic E-state index is 12.7. The third kappa shape index (κ3) is 6.37. The molecule has 0 spiro atoms. The van der Waals surface area contributed by atoms with Crippen molar-refractivity contribution >= 4 is 33.6 Å². The van der Waals surface area contributed by atoms with Gasteiger partial charge in [-0.25, -0.2) is 0 Å². The molecule has 1 aromatic heterocycles. The lowest BCUT2D eigenvalue weighted by molar-refractivity contribution is -0.112. The number of nitrogens with zero attached hydrogens (tertiary/aromatic N) is 4. The first-order valence-electron chi connectivity index (χ1n) is 11.4. The molecule has 8 nitrogen and oxygen atoms in total. The Hall–Kier alpha value is -3.90. The van der Waals surface area contributed by atoms with E-state index in [0.29, 0.717) is 34.7 Å². The smallest absolute Gasteiger partial charge is 0.268 e. The molecule has 0 bridgehead atoms. The average Bonchev–Trinajstić information content (AvgIpc) is 3.35. The molecular weight excluding hydrogens is 462 g/mol. The van der Waals surface area contributed by atoms with E-state index in [1.807, 2.05) is 36.4 Å². The molecular formula is C26H27N5O3S. The summed E-state index contributed by atoms with van der Waals surface area (Å²) < 4.78 is 11.3. The maximum atomic E-state index is 12.7. The SMILES string of the molecule is COc1cc(/C=C(/C#N)C(=O)Nc2nnc(N3CCC(C)CC3)s2)ccc1OCc1ccccc1. The minimum Gasteiger partial charge on any atom is -0.493 e. The summed E-state index contributed by atoms with van der Waals surface area (Å²) >= 11 is 1.31. The largest absolute Gasteiger partial charge is 0.493 e. The molecule has 1 amide bonds. The third-order valence-electron chi connectivity index (χ3n) is 5.79. The summed E-state index contributed by atoms with van der Waals surface area (Å²) in [6, 6.07) is 17.0. The van der Waals surface area contributed by atoms with Crippen molar-refractivity contribution in [3.05, 3.63) is 65.2 Å². The second-order valence-electron chi connectivity index (χ2n) is 8.37. The first kappa shape index (κ1) is 24.2. The molecule has 0 radical (unpaired) electrons. The van der Waals surface area contributed by atoms with Crippen LogP contribution in [0.3, 0.4) is 0 Å². The summed E-state index contributed by atoms with van der Waals surface area (Å²) in [5.41, 5.74) is 1.63. The zero-order valence-electron chi connectivity index (χ0n) is 19.7. The fraction of sp³-hybridized carbons (Fsp3) is 0.308. The molecule has 1 saturated heterocycles. The van der Waals surface area contributed by atoms with E-state index in [9.17, 15) is 10.1 Å². The topological polar surface area (TPSA) is 100 Å². The highest BCUT2D eigenvalue weighted by molar-refractivity contribution is 7.19. The van der Waals surface area contributed by atoms with Crippen LogP contribution in [0.25, 0.3) is 6.08 Å². The Morgan fingerprint density at radius 3 is 2.69 bits per heavy atom. The number of methoxy groups -OCH3 is 1. The van der Waals surface area contributed by atoms with Gasteiger partial charge in [-0.15, -0.1) is 10.2 Å². The molecule has 1 aliphatic rings. The maximum Gasteiger partial charge on any atom is 0.268 e. The number of rotatable bonds is 8. The number of ether oxygens (including phenoxy) is 2.